The number of nitrogens with one attached hydrogen (secondary N) is 1. The highest BCUT2D eigenvalue weighted by molar-refractivity contribution is 5.98. The molecule has 1 fully saturated rings. The quantitative estimate of drug-likeness (QED) is 0.925. The van der Waals surface area contributed by atoms with Gasteiger partial charge in [0.1, 0.15) is 13.2 Å². The van der Waals surface area contributed by atoms with Gasteiger partial charge in [-0.25, -0.2) is 0 Å². The normalized spacial score (nSPS) is 20.3. The van der Waals surface area contributed by atoms with E-state index in [1.54, 1.807) is 6.20 Å². The van der Waals surface area contributed by atoms with Crippen molar-refractivity contribution >= 4 is 5.91 Å². The van der Waals surface area contributed by atoms with Gasteiger partial charge >= 0.3 is 0 Å². The predicted molar refractivity (Wildman–Crippen MR) is 83.6 cm³/mol. The Kier molecular flexibility index (Phi) is 3.65. The Balaban J connectivity index is 1.67. The maximum Gasteiger partial charge on any atom is 0.258 e. The van der Waals surface area contributed by atoms with E-state index in [0.717, 1.165) is 31.5 Å². The van der Waals surface area contributed by atoms with Crippen LogP contribution in [-0.2, 0) is 0 Å². The van der Waals surface area contributed by atoms with Crippen LogP contribution < -0.4 is 9.47 Å². The minimum Gasteiger partial charge on any atom is -0.486 e. The number of H-pyrrole nitrogens is 1. The molecule has 1 N–H and O–H groups in total. The van der Waals surface area contributed by atoms with Gasteiger partial charge in [-0.2, -0.15) is 5.10 Å². The molecule has 0 saturated carbocycles. The van der Waals surface area contributed by atoms with E-state index < -0.39 is 0 Å². The van der Waals surface area contributed by atoms with Crippen LogP contribution in [0.2, 0.25) is 0 Å². The summed E-state index contributed by atoms with van der Waals surface area (Å²) in [6.45, 7) is 1.74. The predicted octanol–water partition coefficient (Wildman–Crippen LogP) is 2.55. The lowest BCUT2D eigenvalue weighted by molar-refractivity contribution is 0.0596. The van der Waals surface area contributed by atoms with E-state index >= 15 is 0 Å². The van der Waals surface area contributed by atoms with Crippen LogP contribution in [0.5, 0.6) is 11.5 Å². The average molecular weight is 313 g/mol. The average Bonchev–Trinajstić information content (AvgIpc) is 3.15. The minimum absolute atomic E-state index is 0.00773. The molecule has 0 radical (unpaired) electrons. The molecular weight excluding hydrogens is 294 g/mol. The number of aromatic nitrogens is 2. The number of carbonyl (C=O) groups excluding carboxylic acids is 1. The largest absolute Gasteiger partial charge is 0.486 e. The van der Waals surface area contributed by atoms with Crippen molar-refractivity contribution in [1.82, 2.24) is 15.1 Å². The first-order chi connectivity index (χ1) is 11.3. The van der Waals surface area contributed by atoms with Gasteiger partial charge in [-0.3, -0.25) is 9.89 Å². The van der Waals surface area contributed by atoms with Gasteiger partial charge in [-0.1, -0.05) is 6.07 Å². The number of nitrogens with zero attached hydrogens (tertiary/aromatic N) is 2. The second-order valence-electron chi connectivity index (χ2n) is 5.85. The Morgan fingerprint density at radius 2 is 2.13 bits per heavy atom. The molecule has 2 aliphatic rings. The summed E-state index contributed by atoms with van der Waals surface area (Å²) in [6.07, 6.45) is 4.80. The molecule has 0 aliphatic carbocycles. The fraction of sp³-hybridized carbons (Fsp3) is 0.412. The zero-order valence-corrected chi connectivity index (χ0v) is 12.8. The first-order valence-corrected chi connectivity index (χ1v) is 8.03. The molecule has 2 aliphatic heterocycles. The first kappa shape index (κ1) is 14.1. The topological polar surface area (TPSA) is 67.5 Å². The number of fused-ring (bicyclic) bond motifs is 1. The Labute approximate surface area is 134 Å². The van der Waals surface area contributed by atoms with Gasteiger partial charge in [-0.05, 0) is 37.5 Å². The second-order valence-corrected chi connectivity index (χ2v) is 5.85. The number of hydrogen-bond acceptors (Lipinski definition) is 4. The van der Waals surface area contributed by atoms with Gasteiger partial charge < -0.3 is 14.4 Å². The summed E-state index contributed by atoms with van der Waals surface area (Å²) in [7, 11) is 0. The van der Waals surface area contributed by atoms with Crippen LogP contribution in [0.4, 0.5) is 0 Å². The van der Waals surface area contributed by atoms with E-state index in [9.17, 15) is 4.79 Å². The van der Waals surface area contributed by atoms with Gasteiger partial charge in [0.05, 0.1) is 17.3 Å². The molecule has 1 aromatic heterocycles. The zero-order chi connectivity index (χ0) is 15.6. The summed E-state index contributed by atoms with van der Waals surface area (Å²) in [5.74, 6) is 1.21. The number of ether oxygens (including phenoxy) is 2. The second kappa shape index (κ2) is 5.95. The van der Waals surface area contributed by atoms with E-state index in [-0.39, 0.29) is 11.9 Å². The van der Waals surface area contributed by atoms with Gasteiger partial charge in [-0.15, -0.1) is 0 Å². The van der Waals surface area contributed by atoms with Gasteiger partial charge in [0.2, 0.25) is 0 Å². The summed E-state index contributed by atoms with van der Waals surface area (Å²) >= 11 is 0. The van der Waals surface area contributed by atoms with Crippen LogP contribution in [0.1, 0.15) is 41.4 Å². The van der Waals surface area contributed by atoms with Gasteiger partial charge in [0.15, 0.2) is 11.5 Å². The summed E-state index contributed by atoms with van der Waals surface area (Å²) in [6, 6.07) is 7.48. The van der Waals surface area contributed by atoms with Crippen molar-refractivity contribution in [2.75, 3.05) is 19.8 Å². The number of rotatable bonds is 2. The maximum atomic E-state index is 13.1. The maximum absolute atomic E-state index is 13.1. The Hall–Kier alpha value is -2.50. The van der Waals surface area contributed by atoms with Gasteiger partial charge in [0.25, 0.3) is 5.91 Å². The molecule has 0 spiro atoms. The SMILES string of the molecule is O=C(c1cccc2c1OCCO2)N1CCCCC1c1ccn[nH]1. The van der Waals surface area contributed by atoms with Crippen LogP contribution in [-0.4, -0.2) is 40.8 Å². The molecule has 1 amide bonds. The number of hydrogen-bond donors (Lipinski definition) is 1. The number of aromatic amines is 1. The fourth-order valence-corrected chi connectivity index (χ4v) is 3.35. The third-order valence-electron chi connectivity index (χ3n) is 4.44. The number of amides is 1. The number of benzene rings is 1. The number of para-hydroxylation sites is 1. The van der Waals surface area contributed by atoms with Crippen LogP contribution in [0.3, 0.4) is 0 Å². The first-order valence-electron chi connectivity index (χ1n) is 8.03. The number of likely N-dealkylation sites (tertiary alicyclic amines) is 1. The lowest BCUT2D eigenvalue weighted by Gasteiger charge is -2.35. The molecule has 3 heterocycles. The number of carbonyl (C=O) groups is 1. The highest BCUT2D eigenvalue weighted by atomic mass is 16.6. The van der Waals surface area contributed by atoms with Crippen molar-refractivity contribution in [3.05, 3.63) is 41.7 Å². The Morgan fingerprint density at radius 3 is 3.00 bits per heavy atom. The van der Waals surface area contributed by atoms with E-state index in [2.05, 4.69) is 10.2 Å². The van der Waals surface area contributed by atoms with Gasteiger partial charge in [0, 0.05) is 12.7 Å². The van der Waals surface area contributed by atoms with E-state index in [1.807, 2.05) is 29.2 Å². The van der Waals surface area contributed by atoms with E-state index in [0.29, 0.717) is 30.3 Å². The lowest BCUT2D eigenvalue weighted by Crippen LogP contribution is -2.39. The highest BCUT2D eigenvalue weighted by Gasteiger charge is 2.32. The van der Waals surface area contributed by atoms with E-state index in [1.165, 1.54) is 0 Å². The van der Waals surface area contributed by atoms with E-state index in [4.69, 9.17) is 9.47 Å². The van der Waals surface area contributed by atoms with Crippen molar-refractivity contribution in [1.29, 1.82) is 0 Å². The molecule has 0 bridgehead atoms. The molecule has 120 valence electrons. The zero-order valence-electron chi connectivity index (χ0n) is 12.8. The van der Waals surface area contributed by atoms with Crippen LogP contribution >= 0.6 is 0 Å². The van der Waals surface area contributed by atoms with Crippen LogP contribution in [0.15, 0.2) is 30.5 Å². The standard InChI is InChI=1S/C17H19N3O3/c21-17(12-4-3-6-15-16(12)23-11-10-22-15)20-9-2-1-5-14(20)13-7-8-18-19-13/h3-4,6-8,14H,1-2,5,9-11H2,(H,18,19). The lowest BCUT2D eigenvalue weighted by atomic mass is 9.98. The Morgan fingerprint density at radius 1 is 1.22 bits per heavy atom. The minimum atomic E-state index is -0.00773. The summed E-state index contributed by atoms with van der Waals surface area (Å²) in [4.78, 5) is 15.1. The summed E-state index contributed by atoms with van der Waals surface area (Å²) in [5, 5.41) is 7.03. The van der Waals surface area contributed by atoms with Crippen LogP contribution in [0, 0.1) is 0 Å². The monoisotopic (exact) mass is 313 g/mol. The van der Waals surface area contributed by atoms with Crippen molar-refractivity contribution in [2.24, 2.45) is 0 Å². The van der Waals surface area contributed by atoms with Crippen molar-refractivity contribution in [3.8, 4) is 11.5 Å². The van der Waals surface area contributed by atoms with Crippen molar-refractivity contribution < 1.29 is 14.3 Å². The Bertz CT molecular complexity index is 699. The molecule has 1 aromatic carbocycles. The van der Waals surface area contributed by atoms with Crippen molar-refractivity contribution in [2.45, 2.75) is 25.3 Å². The number of piperidine rings is 1. The fourth-order valence-electron chi connectivity index (χ4n) is 3.35. The molecular formula is C17H19N3O3. The molecule has 1 unspecified atom stereocenters. The molecule has 4 rings (SSSR count). The molecule has 2 aromatic rings. The molecule has 23 heavy (non-hydrogen) atoms. The molecule has 1 atom stereocenters. The smallest absolute Gasteiger partial charge is 0.258 e. The third-order valence-corrected chi connectivity index (χ3v) is 4.44. The molecule has 1 saturated heterocycles. The highest BCUT2D eigenvalue weighted by Crippen LogP contribution is 2.37. The van der Waals surface area contributed by atoms with Crippen LogP contribution in [0.25, 0.3) is 0 Å². The summed E-state index contributed by atoms with van der Waals surface area (Å²) in [5.41, 5.74) is 1.56. The summed E-state index contributed by atoms with van der Waals surface area (Å²) < 4.78 is 11.3. The van der Waals surface area contributed by atoms with Crippen molar-refractivity contribution in [3.63, 3.8) is 0 Å². The molecule has 6 heteroatoms. The third kappa shape index (κ3) is 2.54. The molecule has 6 nitrogen and oxygen atoms in total.